The number of hydrogen-bond donors (Lipinski definition) is 1. The summed E-state index contributed by atoms with van der Waals surface area (Å²) in [6.07, 6.45) is -0.0827. The van der Waals surface area contributed by atoms with E-state index in [0.717, 1.165) is 55.0 Å². The van der Waals surface area contributed by atoms with Crippen molar-refractivity contribution in [2.24, 2.45) is 0 Å². The summed E-state index contributed by atoms with van der Waals surface area (Å²) in [5.41, 5.74) is 4.03. The number of nitrogens with one attached hydrogen (secondary N) is 1. The maximum absolute atomic E-state index is 12.8. The minimum Gasteiger partial charge on any atom is -0.367 e. The average Bonchev–Trinajstić information content (AvgIpc) is 3.40. The van der Waals surface area contributed by atoms with Crippen LogP contribution in [-0.4, -0.2) is 44.6 Å². The zero-order valence-corrected chi connectivity index (χ0v) is 19.4. The second-order valence-corrected chi connectivity index (χ2v) is 9.84. The largest absolute Gasteiger partial charge is 0.393 e. The molecule has 0 spiro atoms. The van der Waals surface area contributed by atoms with Crippen LogP contribution in [0.2, 0.25) is 0 Å². The summed E-state index contributed by atoms with van der Waals surface area (Å²) in [5.74, 6) is 0.607. The second kappa shape index (κ2) is 8.89. The molecule has 176 valence electrons. The Kier molecular flexibility index (Phi) is 5.91. The number of thiophene rings is 1. The molecule has 10 heteroatoms. The first-order chi connectivity index (χ1) is 16.3. The van der Waals surface area contributed by atoms with E-state index in [-0.39, 0.29) is 10.9 Å². The average molecular weight is 485 g/mol. The number of nitriles is 1. The molecule has 0 saturated carbocycles. The lowest BCUT2D eigenvalue weighted by atomic mass is 10.0. The predicted molar refractivity (Wildman–Crippen MR) is 126 cm³/mol. The minimum absolute atomic E-state index is 0.200. The van der Waals surface area contributed by atoms with Crippen LogP contribution in [0.3, 0.4) is 0 Å². The van der Waals surface area contributed by atoms with Crippen LogP contribution in [0.15, 0.2) is 36.8 Å². The molecule has 0 aliphatic carbocycles. The molecule has 1 fully saturated rings. The Morgan fingerprint density at radius 1 is 1.21 bits per heavy atom. The Balaban J connectivity index is 1.23. The number of nitrogens with zero attached hydrogens (tertiary/aromatic N) is 5. The number of hydrogen-bond acceptors (Lipinski definition) is 6. The van der Waals surface area contributed by atoms with E-state index < -0.39 is 12.6 Å². The number of likely N-dealkylation sites (tertiary alicyclic amines) is 1. The zero-order chi connectivity index (χ0) is 23.9. The Labute approximate surface area is 198 Å². The molecule has 0 atom stereocenters. The number of piperidine rings is 1. The lowest BCUT2D eigenvalue weighted by Crippen LogP contribution is -2.39. The van der Waals surface area contributed by atoms with Gasteiger partial charge in [0.25, 0.3) is 0 Å². The van der Waals surface area contributed by atoms with Gasteiger partial charge in [0.1, 0.15) is 23.0 Å². The Morgan fingerprint density at radius 2 is 2.00 bits per heavy atom. The molecule has 1 saturated heterocycles. The van der Waals surface area contributed by atoms with Crippen LogP contribution < -0.4 is 5.32 Å². The summed E-state index contributed by atoms with van der Waals surface area (Å²) in [6.45, 7) is 4.71. The molecule has 5 heterocycles. The summed E-state index contributed by atoms with van der Waals surface area (Å²) < 4.78 is 40.4. The third-order valence-electron chi connectivity index (χ3n) is 6.34. The summed E-state index contributed by atoms with van der Waals surface area (Å²) in [4.78, 5) is 11.7. The van der Waals surface area contributed by atoms with Gasteiger partial charge in [-0.3, -0.25) is 4.90 Å². The lowest BCUT2D eigenvalue weighted by Gasteiger charge is -2.33. The fourth-order valence-electron chi connectivity index (χ4n) is 4.56. The highest BCUT2D eigenvalue weighted by Crippen LogP contribution is 2.33. The van der Waals surface area contributed by atoms with Crippen molar-refractivity contribution in [1.29, 1.82) is 5.26 Å². The van der Waals surface area contributed by atoms with E-state index in [1.54, 1.807) is 6.07 Å². The highest BCUT2D eigenvalue weighted by Gasteiger charge is 2.29. The lowest BCUT2D eigenvalue weighted by molar-refractivity contribution is -0.126. The van der Waals surface area contributed by atoms with E-state index in [2.05, 4.69) is 43.6 Å². The molecule has 1 aliphatic heterocycles. The first-order valence-electron chi connectivity index (χ1n) is 11.1. The van der Waals surface area contributed by atoms with Gasteiger partial charge in [0.05, 0.1) is 17.4 Å². The van der Waals surface area contributed by atoms with E-state index in [4.69, 9.17) is 5.26 Å². The number of pyridine rings is 1. The molecule has 6 nitrogen and oxygen atoms in total. The van der Waals surface area contributed by atoms with Crippen molar-refractivity contribution >= 4 is 32.9 Å². The number of anilines is 1. The van der Waals surface area contributed by atoms with Crippen LogP contribution in [0.4, 0.5) is 19.0 Å². The third-order valence-corrected chi connectivity index (χ3v) is 7.38. The predicted octanol–water partition coefficient (Wildman–Crippen LogP) is 5.31. The molecule has 0 amide bonds. The molecule has 0 bridgehead atoms. The molecule has 4 aromatic rings. The van der Waals surface area contributed by atoms with Gasteiger partial charge in [-0.05, 0) is 43.5 Å². The molecule has 34 heavy (non-hydrogen) atoms. The fourth-order valence-corrected chi connectivity index (χ4v) is 5.59. The van der Waals surface area contributed by atoms with Crippen LogP contribution in [-0.2, 0) is 13.0 Å². The monoisotopic (exact) mass is 484 g/mol. The normalized spacial score (nSPS) is 15.7. The van der Waals surface area contributed by atoms with Crippen molar-refractivity contribution in [3.8, 4) is 6.07 Å². The SMILES string of the molecule is Cc1c(CN2CCC(Nc3ncnc4sc(CC(F)(F)F)cc34)CC2)ccc2cc(C#N)cn12. The van der Waals surface area contributed by atoms with Gasteiger partial charge in [-0.2, -0.15) is 18.4 Å². The molecule has 1 N–H and O–H groups in total. The smallest absolute Gasteiger partial charge is 0.367 e. The molecule has 4 aromatic heterocycles. The van der Waals surface area contributed by atoms with Gasteiger partial charge in [-0.1, -0.05) is 6.07 Å². The van der Waals surface area contributed by atoms with E-state index in [9.17, 15) is 13.2 Å². The number of halogens is 3. The maximum Gasteiger partial charge on any atom is 0.393 e. The van der Waals surface area contributed by atoms with Crippen molar-refractivity contribution in [3.63, 3.8) is 0 Å². The van der Waals surface area contributed by atoms with Gasteiger partial charge >= 0.3 is 6.18 Å². The highest BCUT2D eigenvalue weighted by molar-refractivity contribution is 7.18. The molecule has 5 rings (SSSR count). The number of aromatic nitrogens is 3. The molecular weight excluding hydrogens is 461 g/mol. The molecule has 0 aromatic carbocycles. The van der Waals surface area contributed by atoms with Gasteiger partial charge in [-0.15, -0.1) is 11.3 Å². The Hall–Kier alpha value is -3.16. The summed E-state index contributed by atoms with van der Waals surface area (Å²) >= 11 is 1.07. The number of fused-ring (bicyclic) bond motifs is 2. The standard InChI is InChI=1S/C24H23F3N6S/c1-15-17(2-3-19-8-16(11-28)12-33(15)19)13-32-6-4-18(5-7-32)31-22-21-9-20(10-24(25,26)27)34-23(21)30-14-29-22/h2-3,8-9,12,14,18H,4-7,10,13H2,1H3,(H,29,30,31). The van der Waals surface area contributed by atoms with Crippen LogP contribution in [0.1, 0.15) is 34.5 Å². The van der Waals surface area contributed by atoms with E-state index in [1.165, 1.54) is 11.9 Å². The van der Waals surface area contributed by atoms with Gasteiger partial charge in [0.15, 0.2) is 0 Å². The van der Waals surface area contributed by atoms with E-state index >= 15 is 0 Å². The van der Waals surface area contributed by atoms with Crippen molar-refractivity contribution < 1.29 is 13.2 Å². The van der Waals surface area contributed by atoms with Crippen molar-refractivity contribution in [1.82, 2.24) is 19.3 Å². The first kappa shape index (κ1) is 22.6. The van der Waals surface area contributed by atoms with Crippen LogP contribution >= 0.6 is 11.3 Å². The minimum atomic E-state index is -4.24. The van der Waals surface area contributed by atoms with Crippen molar-refractivity contribution in [3.05, 3.63) is 58.5 Å². The quantitative estimate of drug-likeness (QED) is 0.416. The van der Waals surface area contributed by atoms with Gasteiger partial charge in [-0.25, -0.2) is 9.97 Å². The molecule has 0 unspecified atom stereocenters. The van der Waals surface area contributed by atoms with Gasteiger partial charge < -0.3 is 9.72 Å². The summed E-state index contributed by atoms with van der Waals surface area (Å²) in [6, 6.07) is 10.0. The third kappa shape index (κ3) is 4.72. The molecule has 0 radical (unpaired) electrons. The van der Waals surface area contributed by atoms with Crippen LogP contribution in [0.25, 0.3) is 15.7 Å². The molecular formula is C24H23F3N6S. The van der Waals surface area contributed by atoms with Gasteiger partial charge in [0.2, 0.25) is 0 Å². The van der Waals surface area contributed by atoms with Crippen molar-refractivity contribution in [2.75, 3.05) is 18.4 Å². The van der Waals surface area contributed by atoms with Gasteiger partial charge in [0, 0.05) is 48.0 Å². The number of aryl methyl sites for hydroxylation is 1. The topological polar surface area (TPSA) is 69.2 Å². The van der Waals surface area contributed by atoms with Crippen LogP contribution in [0.5, 0.6) is 0 Å². The maximum atomic E-state index is 12.8. The highest BCUT2D eigenvalue weighted by atomic mass is 32.1. The molecule has 1 aliphatic rings. The summed E-state index contributed by atoms with van der Waals surface area (Å²) in [5, 5.41) is 13.3. The van der Waals surface area contributed by atoms with Crippen molar-refractivity contribution in [2.45, 2.75) is 44.9 Å². The van der Waals surface area contributed by atoms with E-state index in [0.29, 0.717) is 21.6 Å². The van der Waals surface area contributed by atoms with Crippen LogP contribution in [0, 0.1) is 18.3 Å². The van der Waals surface area contributed by atoms with E-state index in [1.807, 2.05) is 18.3 Å². The number of rotatable bonds is 5. The Morgan fingerprint density at radius 3 is 2.74 bits per heavy atom. The number of alkyl halides is 3. The summed E-state index contributed by atoms with van der Waals surface area (Å²) in [7, 11) is 0. The zero-order valence-electron chi connectivity index (χ0n) is 18.6. The second-order valence-electron chi connectivity index (χ2n) is 8.72. The first-order valence-corrected chi connectivity index (χ1v) is 11.9. The fraction of sp³-hybridized carbons (Fsp3) is 0.375. The Bertz CT molecular complexity index is 1380.